The molecule has 4 aromatic rings. The molecule has 0 saturated carbocycles. The van der Waals surface area contributed by atoms with E-state index >= 15 is 0 Å². The van der Waals surface area contributed by atoms with Gasteiger partial charge in [-0.1, -0.05) is 30.8 Å². The van der Waals surface area contributed by atoms with Crippen LogP contribution in [-0.4, -0.2) is 14.5 Å². The quantitative estimate of drug-likeness (QED) is 0.275. The van der Waals surface area contributed by atoms with Crippen LogP contribution in [0.2, 0.25) is 0 Å². The number of aromatic nitrogens is 3. The van der Waals surface area contributed by atoms with E-state index < -0.39 is 0 Å². The SMILES string of the molecule is CCCn1c(SCc2csc(COc3ccc(F)cc3)n2)nc2ccccc2c1=O. The van der Waals surface area contributed by atoms with E-state index in [0.717, 1.165) is 17.1 Å². The molecule has 0 saturated heterocycles. The molecule has 2 heterocycles. The lowest BCUT2D eigenvalue weighted by Gasteiger charge is -2.11. The van der Waals surface area contributed by atoms with Crippen molar-refractivity contribution >= 4 is 34.0 Å². The Hall–Kier alpha value is -2.71. The number of rotatable bonds is 8. The van der Waals surface area contributed by atoms with Gasteiger partial charge in [0.05, 0.1) is 16.6 Å². The molecule has 0 unspecified atom stereocenters. The summed E-state index contributed by atoms with van der Waals surface area (Å²) in [5.74, 6) is 0.924. The zero-order valence-corrected chi connectivity index (χ0v) is 18.0. The maximum absolute atomic E-state index is 13.0. The normalized spacial score (nSPS) is 11.1. The standard InChI is InChI=1S/C22H20FN3O2S2/c1-2-11-26-21(27)18-5-3-4-6-19(18)25-22(26)30-14-16-13-29-20(24-16)12-28-17-9-7-15(23)8-10-17/h3-10,13H,2,11-12,14H2,1H3. The van der Waals surface area contributed by atoms with Crippen LogP contribution in [0.15, 0.2) is 63.9 Å². The number of halogens is 1. The number of thiazole rings is 1. The fourth-order valence-electron chi connectivity index (χ4n) is 2.97. The molecular weight excluding hydrogens is 421 g/mol. The number of benzene rings is 2. The molecule has 0 N–H and O–H groups in total. The predicted molar refractivity (Wildman–Crippen MR) is 119 cm³/mol. The third-order valence-corrected chi connectivity index (χ3v) is 6.28. The van der Waals surface area contributed by atoms with Crippen molar-refractivity contribution in [2.75, 3.05) is 0 Å². The number of ether oxygens (including phenoxy) is 1. The Bertz CT molecular complexity index is 1210. The molecule has 0 aliphatic rings. The van der Waals surface area contributed by atoms with Crippen molar-refractivity contribution in [3.63, 3.8) is 0 Å². The summed E-state index contributed by atoms with van der Waals surface area (Å²) in [6, 6.07) is 13.4. The molecule has 0 spiro atoms. The molecule has 30 heavy (non-hydrogen) atoms. The summed E-state index contributed by atoms with van der Waals surface area (Å²) in [5.41, 5.74) is 1.62. The minimum atomic E-state index is -0.292. The molecule has 154 valence electrons. The first-order valence-electron chi connectivity index (χ1n) is 9.58. The highest BCUT2D eigenvalue weighted by atomic mass is 32.2. The van der Waals surface area contributed by atoms with Gasteiger partial charge in [0.1, 0.15) is 23.2 Å². The smallest absolute Gasteiger partial charge is 0.262 e. The fraction of sp³-hybridized carbons (Fsp3) is 0.227. The van der Waals surface area contributed by atoms with Gasteiger partial charge in [-0.3, -0.25) is 9.36 Å². The van der Waals surface area contributed by atoms with Gasteiger partial charge in [-0.15, -0.1) is 11.3 Å². The van der Waals surface area contributed by atoms with Crippen molar-refractivity contribution in [3.8, 4) is 5.75 Å². The van der Waals surface area contributed by atoms with Crippen molar-refractivity contribution in [2.24, 2.45) is 0 Å². The van der Waals surface area contributed by atoms with E-state index in [-0.39, 0.29) is 11.4 Å². The number of hydrogen-bond donors (Lipinski definition) is 0. The number of hydrogen-bond acceptors (Lipinski definition) is 6. The van der Waals surface area contributed by atoms with Gasteiger partial charge in [-0.25, -0.2) is 14.4 Å². The Morgan fingerprint density at radius 3 is 2.73 bits per heavy atom. The van der Waals surface area contributed by atoms with Crippen LogP contribution in [-0.2, 0) is 18.9 Å². The molecular formula is C22H20FN3O2S2. The molecule has 4 rings (SSSR count). The van der Waals surface area contributed by atoms with E-state index in [0.29, 0.717) is 40.7 Å². The third-order valence-electron chi connectivity index (χ3n) is 4.40. The minimum Gasteiger partial charge on any atom is -0.486 e. The molecule has 0 aliphatic carbocycles. The molecule has 0 bridgehead atoms. The van der Waals surface area contributed by atoms with E-state index in [1.54, 1.807) is 16.7 Å². The Morgan fingerprint density at radius 1 is 1.13 bits per heavy atom. The molecule has 5 nitrogen and oxygen atoms in total. The summed E-state index contributed by atoms with van der Waals surface area (Å²) in [4.78, 5) is 22.2. The first-order valence-corrected chi connectivity index (χ1v) is 11.4. The highest BCUT2D eigenvalue weighted by Gasteiger charge is 2.12. The second-order valence-corrected chi connectivity index (χ2v) is 8.52. The van der Waals surface area contributed by atoms with Crippen LogP contribution in [0.3, 0.4) is 0 Å². The maximum atomic E-state index is 13.0. The summed E-state index contributed by atoms with van der Waals surface area (Å²) in [6.45, 7) is 3.01. The fourth-order valence-corrected chi connectivity index (χ4v) is 4.70. The lowest BCUT2D eigenvalue weighted by molar-refractivity contribution is 0.305. The largest absolute Gasteiger partial charge is 0.486 e. The van der Waals surface area contributed by atoms with Crippen molar-refractivity contribution in [1.82, 2.24) is 14.5 Å². The van der Waals surface area contributed by atoms with Crippen molar-refractivity contribution < 1.29 is 9.13 Å². The monoisotopic (exact) mass is 441 g/mol. The van der Waals surface area contributed by atoms with E-state index in [4.69, 9.17) is 9.72 Å². The lowest BCUT2D eigenvalue weighted by Crippen LogP contribution is -2.23. The van der Waals surface area contributed by atoms with Crippen LogP contribution in [0.5, 0.6) is 5.75 Å². The number of nitrogens with zero attached hydrogens (tertiary/aromatic N) is 3. The number of para-hydroxylation sites is 1. The van der Waals surface area contributed by atoms with Crippen LogP contribution in [0.25, 0.3) is 10.9 Å². The van der Waals surface area contributed by atoms with Gasteiger partial charge in [-0.05, 0) is 42.8 Å². The van der Waals surface area contributed by atoms with Crippen LogP contribution >= 0.6 is 23.1 Å². The molecule has 0 radical (unpaired) electrons. The molecule has 0 aliphatic heterocycles. The molecule has 0 atom stereocenters. The van der Waals surface area contributed by atoms with Crippen LogP contribution in [0.1, 0.15) is 24.0 Å². The van der Waals surface area contributed by atoms with Crippen LogP contribution in [0.4, 0.5) is 4.39 Å². The lowest BCUT2D eigenvalue weighted by atomic mass is 10.2. The molecule has 2 aromatic heterocycles. The first kappa shape index (κ1) is 20.6. The van der Waals surface area contributed by atoms with E-state index in [9.17, 15) is 9.18 Å². The van der Waals surface area contributed by atoms with E-state index in [1.807, 2.05) is 36.6 Å². The predicted octanol–water partition coefficient (Wildman–Crippen LogP) is 5.27. The van der Waals surface area contributed by atoms with Crippen molar-refractivity contribution in [2.45, 2.75) is 37.4 Å². The molecule has 2 aromatic carbocycles. The summed E-state index contributed by atoms with van der Waals surface area (Å²) < 4.78 is 20.4. The number of fused-ring (bicyclic) bond motifs is 1. The van der Waals surface area contributed by atoms with Gasteiger partial charge < -0.3 is 4.74 Å². The maximum Gasteiger partial charge on any atom is 0.262 e. The Labute approximate surface area is 181 Å². The third kappa shape index (κ3) is 4.71. The summed E-state index contributed by atoms with van der Waals surface area (Å²) in [7, 11) is 0. The van der Waals surface area contributed by atoms with Gasteiger partial charge >= 0.3 is 0 Å². The molecule has 0 amide bonds. The average molecular weight is 442 g/mol. The van der Waals surface area contributed by atoms with E-state index in [2.05, 4.69) is 4.98 Å². The van der Waals surface area contributed by atoms with Gasteiger partial charge in [0.2, 0.25) is 0 Å². The summed E-state index contributed by atoms with van der Waals surface area (Å²) in [5, 5.41) is 4.17. The van der Waals surface area contributed by atoms with Crippen molar-refractivity contribution in [1.29, 1.82) is 0 Å². The zero-order valence-electron chi connectivity index (χ0n) is 16.4. The molecule has 0 fully saturated rings. The zero-order chi connectivity index (χ0) is 20.9. The Morgan fingerprint density at radius 2 is 1.93 bits per heavy atom. The van der Waals surface area contributed by atoms with Gasteiger partial charge in [0.15, 0.2) is 5.16 Å². The number of thioether (sulfide) groups is 1. The van der Waals surface area contributed by atoms with E-state index in [1.165, 1.54) is 35.2 Å². The second-order valence-electron chi connectivity index (χ2n) is 6.63. The summed E-state index contributed by atoms with van der Waals surface area (Å²) >= 11 is 3.03. The van der Waals surface area contributed by atoms with Crippen molar-refractivity contribution in [3.05, 3.63) is 80.8 Å². The van der Waals surface area contributed by atoms with Gasteiger partial charge in [-0.2, -0.15) is 0 Å². The van der Waals surface area contributed by atoms with Crippen LogP contribution < -0.4 is 10.3 Å². The Balaban J connectivity index is 1.46. The highest BCUT2D eigenvalue weighted by molar-refractivity contribution is 7.98. The Kier molecular flexibility index (Phi) is 6.44. The topological polar surface area (TPSA) is 57.0 Å². The second kappa shape index (κ2) is 9.40. The average Bonchev–Trinajstić information content (AvgIpc) is 3.22. The van der Waals surface area contributed by atoms with Gasteiger partial charge in [0, 0.05) is 17.7 Å². The van der Waals surface area contributed by atoms with Crippen LogP contribution in [0, 0.1) is 5.82 Å². The highest BCUT2D eigenvalue weighted by Crippen LogP contribution is 2.24. The molecule has 8 heteroatoms. The minimum absolute atomic E-state index is 0.00313. The summed E-state index contributed by atoms with van der Waals surface area (Å²) in [6.07, 6.45) is 0.856. The first-order chi connectivity index (χ1) is 14.6. The van der Waals surface area contributed by atoms with Gasteiger partial charge in [0.25, 0.3) is 5.56 Å².